The van der Waals surface area contributed by atoms with Crippen LogP contribution in [0.25, 0.3) is 15.9 Å². The smallest absolute Gasteiger partial charge is 0.262 e. The lowest BCUT2D eigenvalue weighted by Crippen LogP contribution is -2.24. The van der Waals surface area contributed by atoms with Gasteiger partial charge in [-0.05, 0) is 18.6 Å². The highest BCUT2D eigenvalue weighted by Gasteiger charge is 2.12. The number of aliphatic hydroxyl groups is 1. The second kappa shape index (κ2) is 7.63. The van der Waals surface area contributed by atoms with Crippen LogP contribution in [0.15, 0.2) is 56.7 Å². The van der Waals surface area contributed by atoms with Crippen LogP contribution in [0, 0.1) is 0 Å². The van der Waals surface area contributed by atoms with Crippen molar-refractivity contribution in [2.45, 2.75) is 23.9 Å². The monoisotopic (exact) mass is 400 g/mol. The molecule has 0 saturated carbocycles. The average molecular weight is 400 g/mol. The summed E-state index contributed by atoms with van der Waals surface area (Å²) in [5.74, 6) is 0.424. The third-order valence-corrected chi connectivity index (χ3v) is 5.84. The third-order valence-electron chi connectivity index (χ3n) is 4.07. The first-order chi connectivity index (χ1) is 13.2. The second-order valence-corrected chi connectivity index (χ2v) is 7.69. The van der Waals surface area contributed by atoms with E-state index in [-0.39, 0.29) is 17.7 Å². The van der Waals surface area contributed by atoms with Gasteiger partial charge in [-0.25, -0.2) is 9.97 Å². The molecule has 27 heavy (non-hydrogen) atoms. The van der Waals surface area contributed by atoms with Crippen molar-refractivity contribution in [3.63, 3.8) is 0 Å². The molecular formula is C18H16N4O3S2. The van der Waals surface area contributed by atoms with Crippen molar-refractivity contribution in [3.8, 4) is 0 Å². The van der Waals surface area contributed by atoms with E-state index in [9.17, 15) is 9.59 Å². The van der Waals surface area contributed by atoms with Crippen molar-refractivity contribution < 1.29 is 5.11 Å². The summed E-state index contributed by atoms with van der Waals surface area (Å²) < 4.78 is 3.09. The van der Waals surface area contributed by atoms with E-state index in [1.54, 1.807) is 22.9 Å². The van der Waals surface area contributed by atoms with Gasteiger partial charge in [0.25, 0.3) is 11.1 Å². The molecule has 7 nitrogen and oxygen atoms in total. The highest BCUT2D eigenvalue weighted by molar-refractivity contribution is 7.98. The highest BCUT2D eigenvalue weighted by Crippen LogP contribution is 2.22. The molecule has 9 heteroatoms. The van der Waals surface area contributed by atoms with Gasteiger partial charge in [0.05, 0.1) is 16.6 Å². The fraction of sp³-hybridized carbons (Fsp3) is 0.222. The highest BCUT2D eigenvalue weighted by atomic mass is 32.2. The molecule has 0 bridgehead atoms. The van der Waals surface area contributed by atoms with E-state index >= 15 is 0 Å². The predicted molar refractivity (Wildman–Crippen MR) is 107 cm³/mol. The predicted octanol–water partition coefficient (Wildman–Crippen LogP) is 2.14. The number of nitrogens with zero attached hydrogens (tertiary/aromatic N) is 4. The van der Waals surface area contributed by atoms with E-state index in [1.807, 2.05) is 17.5 Å². The molecule has 0 aliphatic heterocycles. The van der Waals surface area contributed by atoms with E-state index in [0.717, 1.165) is 0 Å². The summed E-state index contributed by atoms with van der Waals surface area (Å²) in [5.41, 5.74) is 1.02. The van der Waals surface area contributed by atoms with Gasteiger partial charge in [0.1, 0.15) is 0 Å². The molecule has 0 aliphatic rings. The van der Waals surface area contributed by atoms with Crippen LogP contribution in [-0.2, 0) is 12.3 Å². The number of hydrogen-bond donors (Lipinski definition) is 1. The number of hydrogen-bond acceptors (Lipinski definition) is 7. The van der Waals surface area contributed by atoms with Crippen LogP contribution in [0.4, 0.5) is 0 Å². The lowest BCUT2D eigenvalue weighted by atomic mass is 10.2. The molecule has 0 radical (unpaired) electrons. The Bertz CT molecular complexity index is 1230. The van der Waals surface area contributed by atoms with Crippen molar-refractivity contribution in [2.75, 3.05) is 6.61 Å². The van der Waals surface area contributed by atoms with Gasteiger partial charge in [0.15, 0.2) is 10.1 Å². The zero-order valence-corrected chi connectivity index (χ0v) is 15.9. The van der Waals surface area contributed by atoms with E-state index < -0.39 is 0 Å². The van der Waals surface area contributed by atoms with Crippen molar-refractivity contribution in [1.82, 2.24) is 18.9 Å². The standard InChI is InChI=1S/C18H16N4O3S2/c23-8-3-6-22-16(25)13-4-1-2-5-14(13)20-18(22)27-11-12-10-15(24)21-7-9-26-17(21)19-12/h1-2,4-5,7,9-10,23H,3,6,8,11H2. The molecule has 0 atom stereocenters. The zero-order valence-electron chi connectivity index (χ0n) is 14.2. The van der Waals surface area contributed by atoms with Crippen LogP contribution in [0.5, 0.6) is 0 Å². The minimum atomic E-state index is -0.127. The number of para-hydroxylation sites is 1. The summed E-state index contributed by atoms with van der Waals surface area (Å²) >= 11 is 2.76. The van der Waals surface area contributed by atoms with E-state index in [4.69, 9.17) is 5.11 Å². The first-order valence-electron chi connectivity index (χ1n) is 8.36. The Morgan fingerprint density at radius 1 is 1.19 bits per heavy atom. The molecular weight excluding hydrogens is 384 g/mol. The zero-order chi connectivity index (χ0) is 18.8. The first-order valence-corrected chi connectivity index (χ1v) is 10.2. The Labute approximate surface area is 162 Å². The van der Waals surface area contributed by atoms with Crippen LogP contribution in [0.3, 0.4) is 0 Å². The van der Waals surface area contributed by atoms with Gasteiger partial charge in [-0.3, -0.25) is 18.6 Å². The average Bonchev–Trinajstić information content (AvgIpc) is 3.15. The molecule has 3 aromatic heterocycles. The van der Waals surface area contributed by atoms with Gasteiger partial charge in [0, 0.05) is 36.5 Å². The van der Waals surface area contributed by atoms with Crippen LogP contribution in [-0.4, -0.2) is 30.6 Å². The normalized spacial score (nSPS) is 11.4. The van der Waals surface area contributed by atoms with E-state index in [1.165, 1.54) is 33.6 Å². The van der Waals surface area contributed by atoms with Gasteiger partial charge in [-0.1, -0.05) is 23.9 Å². The van der Waals surface area contributed by atoms with Crippen LogP contribution in [0.2, 0.25) is 0 Å². The Hall–Kier alpha value is -2.49. The van der Waals surface area contributed by atoms with E-state index in [2.05, 4.69) is 9.97 Å². The van der Waals surface area contributed by atoms with Gasteiger partial charge in [0.2, 0.25) is 0 Å². The Morgan fingerprint density at radius 3 is 2.89 bits per heavy atom. The molecule has 0 saturated heterocycles. The summed E-state index contributed by atoms with van der Waals surface area (Å²) in [7, 11) is 0. The van der Waals surface area contributed by atoms with Crippen molar-refractivity contribution >= 4 is 39.0 Å². The Balaban J connectivity index is 1.71. The van der Waals surface area contributed by atoms with Gasteiger partial charge >= 0.3 is 0 Å². The van der Waals surface area contributed by atoms with Crippen molar-refractivity contribution in [3.05, 3.63) is 68.3 Å². The maximum atomic E-state index is 12.8. The number of fused-ring (bicyclic) bond motifs is 2. The molecule has 4 aromatic rings. The molecule has 0 fully saturated rings. The fourth-order valence-corrected chi connectivity index (χ4v) is 4.44. The molecule has 138 valence electrons. The van der Waals surface area contributed by atoms with Crippen molar-refractivity contribution in [1.29, 1.82) is 0 Å². The largest absolute Gasteiger partial charge is 0.396 e. The number of thiazole rings is 1. The minimum absolute atomic E-state index is 0.00323. The molecule has 0 amide bonds. The fourth-order valence-electron chi connectivity index (χ4n) is 2.78. The molecule has 0 unspecified atom stereocenters. The number of aromatic nitrogens is 4. The maximum Gasteiger partial charge on any atom is 0.262 e. The number of aliphatic hydroxyl groups excluding tert-OH is 1. The SMILES string of the molecule is O=c1c2ccccc2nc(SCc2cc(=O)n3ccsc3n2)n1CCCO. The quantitative estimate of drug-likeness (QED) is 0.394. The third kappa shape index (κ3) is 3.53. The number of thioether (sulfide) groups is 1. The topological polar surface area (TPSA) is 89.5 Å². The first kappa shape index (κ1) is 17.9. The summed E-state index contributed by atoms with van der Waals surface area (Å²) in [6.45, 7) is 0.381. The summed E-state index contributed by atoms with van der Waals surface area (Å²) in [5, 5.41) is 12.1. The van der Waals surface area contributed by atoms with Crippen LogP contribution >= 0.6 is 23.1 Å². The lowest BCUT2D eigenvalue weighted by molar-refractivity contribution is 0.276. The molecule has 1 N–H and O–H groups in total. The molecule has 1 aromatic carbocycles. The molecule has 0 aliphatic carbocycles. The lowest BCUT2D eigenvalue weighted by Gasteiger charge is -2.12. The Kier molecular flexibility index (Phi) is 5.06. The van der Waals surface area contributed by atoms with Gasteiger partial charge in [-0.2, -0.15) is 0 Å². The minimum Gasteiger partial charge on any atom is -0.396 e. The summed E-state index contributed by atoms with van der Waals surface area (Å²) in [4.78, 5) is 34.7. The Morgan fingerprint density at radius 2 is 2.04 bits per heavy atom. The second-order valence-electron chi connectivity index (χ2n) is 5.88. The van der Waals surface area contributed by atoms with Gasteiger partial charge in [-0.15, -0.1) is 11.3 Å². The van der Waals surface area contributed by atoms with Crippen LogP contribution < -0.4 is 11.1 Å². The maximum absolute atomic E-state index is 12.8. The van der Waals surface area contributed by atoms with Crippen LogP contribution in [0.1, 0.15) is 12.1 Å². The molecule has 0 spiro atoms. The molecule has 3 heterocycles. The summed E-state index contributed by atoms with van der Waals surface area (Å²) in [6.07, 6.45) is 2.16. The van der Waals surface area contributed by atoms with Gasteiger partial charge < -0.3 is 5.11 Å². The summed E-state index contributed by atoms with van der Waals surface area (Å²) in [6, 6.07) is 8.71. The number of rotatable bonds is 6. The number of benzene rings is 1. The van der Waals surface area contributed by atoms with Crippen molar-refractivity contribution in [2.24, 2.45) is 0 Å². The molecule has 4 rings (SSSR count). The van der Waals surface area contributed by atoms with E-state index in [0.29, 0.717) is 45.4 Å².